The predicted octanol–water partition coefficient (Wildman–Crippen LogP) is 2.24. The summed E-state index contributed by atoms with van der Waals surface area (Å²) < 4.78 is 15.2. The average Bonchev–Trinajstić information content (AvgIpc) is 2.65. The van der Waals surface area contributed by atoms with Crippen molar-refractivity contribution in [2.24, 2.45) is 5.92 Å². The largest absolute Gasteiger partial charge is 0.382 e. The van der Waals surface area contributed by atoms with Crippen molar-refractivity contribution in [3.05, 3.63) is 30.5 Å². The quantitative estimate of drug-likeness (QED) is 0.808. The molecule has 1 aliphatic carbocycles. The first-order chi connectivity index (χ1) is 7.20. The lowest BCUT2D eigenvalue weighted by Gasteiger charge is -2.18. The fourth-order valence-electron chi connectivity index (χ4n) is 1.67. The Labute approximate surface area is 88.1 Å². The number of nitrogens with two attached hydrogens (primary N) is 1. The minimum Gasteiger partial charge on any atom is -0.382 e. The van der Waals surface area contributed by atoms with Crippen molar-refractivity contribution in [2.75, 3.05) is 5.73 Å². The normalized spacial score (nSPS) is 25.3. The van der Waals surface area contributed by atoms with Gasteiger partial charge in [-0.05, 0) is 18.6 Å². The Morgan fingerprint density at radius 2 is 2.40 bits per heavy atom. The topological polar surface area (TPSA) is 43.8 Å². The zero-order chi connectivity index (χ0) is 10.8. The second-order valence-electron chi connectivity index (χ2n) is 3.65. The van der Waals surface area contributed by atoms with Gasteiger partial charge in [-0.25, -0.2) is 9.07 Å². The fourth-order valence-corrected chi connectivity index (χ4v) is 1.67. The number of nitrogens with zero attached hydrogens (tertiary/aromatic N) is 2. The molecule has 1 aromatic heterocycles. The van der Waals surface area contributed by atoms with E-state index in [2.05, 4.69) is 5.10 Å². The third-order valence-electron chi connectivity index (χ3n) is 2.60. The highest BCUT2D eigenvalue weighted by atomic mass is 19.1. The molecule has 2 N–H and O–H groups in total. The summed E-state index contributed by atoms with van der Waals surface area (Å²) in [6.45, 7) is 1.98. The summed E-state index contributed by atoms with van der Waals surface area (Å²) in [5.74, 6) is 0.430. The number of nitrogen functional groups attached to an aromatic ring is 1. The fraction of sp³-hybridized carbons (Fsp3) is 0.364. The van der Waals surface area contributed by atoms with Crippen molar-refractivity contribution in [1.29, 1.82) is 0 Å². The number of anilines is 1. The molecule has 0 amide bonds. The molecule has 80 valence electrons. The van der Waals surface area contributed by atoms with Gasteiger partial charge in [0.1, 0.15) is 12.0 Å². The smallest absolute Gasteiger partial charge is 0.145 e. The molecule has 0 fully saturated rings. The summed E-state index contributed by atoms with van der Waals surface area (Å²) in [4.78, 5) is 0. The molecule has 0 saturated carbocycles. The minimum atomic E-state index is -0.930. The van der Waals surface area contributed by atoms with Crippen LogP contribution in [0.1, 0.15) is 13.3 Å². The lowest BCUT2D eigenvalue weighted by Crippen LogP contribution is -2.15. The van der Waals surface area contributed by atoms with E-state index in [9.17, 15) is 4.39 Å². The minimum absolute atomic E-state index is 0.0124. The van der Waals surface area contributed by atoms with Gasteiger partial charge in [-0.2, -0.15) is 5.10 Å². The number of hydrogen-bond acceptors (Lipinski definition) is 2. The van der Waals surface area contributed by atoms with Gasteiger partial charge in [-0.15, -0.1) is 0 Å². The van der Waals surface area contributed by atoms with Gasteiger partial charge in [0.2, 0.25) is 0 Å². The van der Waals surface area contributed by atoms with Crippen LogP contribution in [0.4, 0.5) is 10.2 Å². The SMILES string of the molecule is CCC1C=CC(n2ccc(N)n2)=CC1F. The lowest BCUT2D eigenvalue weighted by molar-refractivity contribution is 0.313. The van der Waals surface area contributed by atoms with Gasteiger partial charge in [-0.3, -0.25) is 0 Å². The molecule has 0 saturated heterocycles. The number of halogens is 1. The standard InChI is InChI=1S/C11H14FN3/c1-2-8-3-4-9(7-10(8)12)15-6-5-11(13)14-15/h3-8,10H,2H2,1H3,(H2,13,14). The van der Waals surface area contributed by atoms with E-state index in [4.69, 9.17) is 5.73 Å². The first-order valence-corrected chi connectivity index (χ1v) is 5.06. The summed E-state index contributed by atoms with van der Waals surface area (Å²) in [6, 6.07) is 1.69. The van der Waals surface area contributed by atoms with Crippen LogP contribution in [-0.4, -0.2) is 16.0 Å². The highest BCUT2D eigenvalue weighted by Crippen LogP contribution is 2.24. The Bertz CT molecular complexity index is 406. The van der Waals surface area contributed by atoms with Crippen molar-refractivity contribution in [3.63, 3.8) is 0 Å². The molecular weight excluding hydrogens is 193 g/mol. The van der Waals surface area contributed by atoms with Crippen LogP contribution < -0.4 is 5.73 Å². The maximum atomic E-state index is 13.6. The van der Waals surface area contributed by atoms with Gasteiger partial charge < -0.3 is 5.73 Å². The summed E-state index contributed by atoms with van der Waals surface area (Å²) in [7, 11) is 0. The summed E-state index contributed by atoms with van der Waals surface area (Å²) in [6.07, 6.45) is 6.96. The molecule has 0 spiro atoms. The number of rotatable bonds is 2. The molecule has 0 aromatic carbocycles. The first-order valence-electron chi connectivity index (χ1n) is 5.06. The van der Waals surface area contributed by atoms with E-state index < -0.39 is 6.17 Å². The second-order valence-corrected chi connectivity index (χ2v) is 3.65. The lowest BCUT2D eigenvalue weighted by atomic mass is 9.95. The highest BCUT2D eigenvalue weighted by molar-refractivity contribution is 5.59. The summed E-state index contributed by atoms with van der Waals surface area (Å²) in [5, 5.41) is 4.03. The van der Waals surface area contributed by atoms with E-state index in [1.165, 1.54) is 0 Å². The van der Waals surface area contributed by atoms with Crippen molar-refractivity contribution in [2.45, 2.75) is 19.5 Å². The Kier molecular flexibility index (Phi) is 2.58. The van der Waals surface area contributed by atoms with Crippen LogP contribution in [0.2, 0.25) is 0 Å². The van der Waals surface area contributed by atoms with Crippen LogP contribution in [0.25, 0.3) is 5.70 Å². The van der Waals surface area contributed by atoms with Crippen LogP contribution >= 0.6 is 0 Å². The molecule has 3 nitrogen and oxygen atoms in total. The third kappa shape index (κ3) is 1.93. The zero-order valence-electron chi connectivity index (χ0n) is 8.60. The molecule has 2 unspecified atom stereocenters. The Hall–Kier alpha value is -1.58. The van der Waals surface area contributed by atoms with E-state index in [1.807, 2.05) is 19.1 Å². The molecule has 4 heteroatoms. The number of allylic oxidation sites excluding steroid dienone is 4. The van der Waals surface area contributed by atoms with Crippen LogP contribution in [0.5, 0.6) is 0 Å². The van der Waals surface area contributed by atoms with Gasteiger partial charge in [0.15, 0.2) is 0 Å². The molecule has 15 heavy (non-hydrogen) atoms. The summed E-state index contributed by atoms with van der Waals surface area (Å²) >= 11 is 0. The molecule has 2 atom stereocenters. The molecule has 0 radical (unpaired) electrons. The van der Waals surface area contributed by atoms with Gasteiger partial charge in [0, 0.05) is 18.2 Å². The molecule has 0 aliphatic heterocycles. The molecular formula is C11H14FN3. The highest BCUT2D eigenvalue weighted by Gasteiger charge is 2.19. The van der Waals surface area contributed by atoms with Crippen LogP contribution in [0, 0.1) is 5.92 Å². The number of aromatic nitrogens is 2. The van der Waals surface area contributed by atoms with Gasteiger partial charge >= 0.3 is 0 Å². The predicted molar refractivity (Wildman–Crippen MR) is 58.7 cm³/mol. The zero-order valence-corrected chi connectivity index (χ0v) is 8.60. The van der Waals surface area contributed by atoms with Gasteiger partial charge in [-0.1, -0.05) is 13.0 Å². The number of alkyl halides is 1. The molecule has 1 heterocycles. The van der Waals surface area contributed by atoms with Crippen molar-refractivity contribution < 1.29 is 4.39 Å². The van der Waals surface area contributed by atoms with Crippen LogP contribution in [0.15, 0.2) is 30.5 Å². The van der Waals surface area contributed by atoms with Gasteiger partial charge in [0.05, 0.1) is 5.70 Å². The summed E-state index contributed by atoms with van der Waals surface area (Å²) in [5.41, 5.74) is 6.24. The van der Waals surface area contributed by atoms with E-state index in [-0.39, 0.29) is 5.92 Å². The second kappa shape index (κ2) is 3.88. The Balaban J connectivity index is 2.23. The van der Waals surface area contributed by atoms with Crippen molar-refractivity contribution in [1.82, 2.24) is 9.78 Å². The van der Waals surface area contributed by atoms with E-state index in [1.54, 1.807) is 23.0 Å². The van der Waals surface area contributed by atoms with Crippen molar-refractivity contribution >= 4 is 11.5 Å². The molecule has 1 aliphatic rings. The Morgan fingerprint density at radius 3 is 2.93 bits per heavy atom. The van der Waals surface area contributed by atoms with Gasteiger partial charge in [0.25, 0.3) is 0 Å². The number of hydrogen-bond donors (Lipinski definition) is 1. The molecule has 2 rings (SSSR count). The van der Waals surface area contributed by atoms with Crippen LogP contribution in [-0.2, 0) is 0 Å². The van der Waals surface area contributed by atoms with Crippen LogP contribution in [0.3, 0.4) is 0 Å². The maximum absolute atomic E-state index is 13.6. The molecule has 0 bridgehead atoms. The molecule has 1 aromatic rings. The Morgan fingerprint density at radius 1 is 1.60 bits per heavy atom. The van der Waals surface area contributed by atoms with Crippen molar-refractivity contribution in [3.8, 4) is 0 Å². The monoisotopic (exact) mass is 207 g/mol. The average molecular weight is 207 g/mol. The van der Waals surface area contributed by atoms with E-state index in [0.29, 0.717) is 5.82 Å². The van der Waals surface area contributed by atoms with E-state index in [0.717, 1.165) is 12.1 Å². The third-order valence-corrected chi connectivity index (χ3v) is 2.60. The first kappa shape index (κ1) is 9.96. The van der Waals surface area contributed by atoms with E-state index >= 15 is 0 Å². The maximum Gasteiger partial charge on any atom is 0.145 e.